The topological polar surface area (TPSA) is 34.0 Å². The fraction of sp³-hybridized carbons (Fsp3) is 0.0625. The minimum absolute atomic E-state index is 0.224. The lowest BCUT2D eigenvalue weighted by molar-refractivity contribution is 0.102. The zero-order valence-corrected chi connectivity index (χ0v) is 12.7. The highest BCUT2D eigenvalue weighted by Gasteiger charge is 2.15. The Morgan fingerprint density at radius 1 is 1.05 bits per heavy atom. The molecule has 0 spiro atoms. The number of para-hydroxylation sites is 1. The van der Waals surface area contributed by atoms with Gasteiger partial charge in [0.25, 0.3) is 5.91 Å². The summed E-state index contributed by atoms with van der Waals surface area (Å²) in [5, 5.41) is 4.79. The van der Waals surface area contributed by atoms with E-state index >= 15 is 0 Å². The second kappa shape index (κ2) is 5.43. The van der Waals surface area contributed by atoms with Crippen molar-refractivity contribution in [2.45, 2.75) is 0 Å². The van der Waals surface area contributed by atoms with Gasteiger partial charge in [0.05, 0.1) is 10.7 Å². The van der Waals surface area contributed by atoms with E-state index in [1.807, 2.05) is 35.9 Å². The maximum absolute atomic E-state index is 12.4. The van der Waals surface area contributed by atoms with Crippen molar-refractivity contribution in [3.8, 4) is 0 Å². The van der Waals surface area contributed by atoms with E-state index in [0.717, 1.165) is 10.9 Å². The molecule has 3 nitrogen and oxygen atoms in total. The van der Waals surface area contributed by atoms with Crippen LogP contribution in [0.15, 0.2) is 48.5 Å². The number of anilines is 1. The fourth-order valence-corrected chi connectivity index (χ4v) is 2.70. The standard InChI is InChI=1S/C16H12Cl2N2O/c1-20-14-8-4-6-11(17)10(14)9-15(20)16(21)19-13-7-3-2-5-12(13)18/h2-9H,1H3,(H,19,21). The lowest BCUT2D eigenvalue weighted by Crippen LogP contribution is -2.15. The molecule has 1 N–H and O–H groups in total. The van der Waals surface area contributed by atoms with Crippen LogP contribution in [0.25, 0.3) is 10.9 Å². The molecule has 0 aliphatic rings. The van der Waals surface area contributed by atoms with Crippen LogP contribution in [-0.4, -0.2) is 10.5 Å². The number of halogens is 2. The Balaban J connectivity index is 2.01. The number of carbonyl (C=O) groups excluding carboxylic acids is 1. The van der Waals surface area contributed by atoms with Gasteiger partial charge < -0.3 is 9.88 Å². The summed E-state index contributed by atoms with van der Waals surface area (Å²) < 4.78 is 1.81. The molecule has 1 aromatic heterocycles. The van der Waals surface area contributed by atoms with Crippen molar-refractivity contribution in [1.29, 1.82) is 0 Å². The van der Waals surface area contributed by atoms with Crippen molar-refractivity contribution >= 4 is 45.7 Å². The number of fused-ring (bicyclic) bond motifs is 1. The molecule has 0 saturated heterocycles. The first-order chi connectivity index (χ1) is 10.1. The summed E-state index contributed by atoms with van der Waals surface area (Å²) in [4.78, 5) is 12.4. The number of hydrogen-bond donors (Lipinski definition) is 1. The number of amides is 1. The molecule has 0 bridgehead atoms. The molecule has 2 aromatic carbocycles. The average molecular weight is 319 g/mol. The first-order valence-corrected chi connectivity index (χ1v) is 7.13. The van der Waals surface area contributed by atoms with Crippen LogP contribution in [0.3, 0.4) is 0 Å². The highest BCUT2D eigenvalue weighted by atomic mass is 35.5. The second-order valence-electron chi connectivity index (χ2n) is 4.70. The third kappa shape index (κ3) is 2.50. The molecular formula is C16H12Cl2N2O. The van der Waals surface area contributed by atoms with Gasteiger partial charge in [0.15, 0.2) is 0 Å². The monoisotopic (exact) mass is 318 g/mol. The summed E-state index contributed by atoms with van der Waals surface area (Å²) >= 11 is 12.2. The number of benzene rings is 2. The van der Waals surface area contributed by atoms with Gasteiger partial charge in [-0.2, -0.15) is 0 Å². The van der Waals surface area contributed by atoms with E-state index in [1.54, 1.807) is 24.3 Å². The Bertz CT molecular complexity index is 839. The van der Waals surface area contributed by atoms with Gasteiger partial charge in [-0.1, -0.05) is 41.4 Å². The van der Waals surface area contributed by atoms with Crippen LogP contribution in [0.1, 0.15) is 10.5 Å². The van der Waals surface area contributed by atoms with Gasteiger partial charge in [-0.15, -0.1) is 0 Å². The molecule has 0 saturated carbocycles. The quantitative estimate of drug-likeness (QED) is 0.727. The predicted molar refractivity (Wildman–Crippen MR) is 87.3 cm³/mol. The second-order valence-corrected chi connectivity index (χ2v) is 5.51. The summed E-state index contributed by atoms with van der Waals surface area (Å²) in [5.41, 5.74) is 2.02. The Hall–Kier alpha value is -1.97. The van der Waals surface area contributed by atoms with Crippen LogP contribution < -0.4 is 5.32 Å². The molecule has 1 amide bonds. The lowest BCUT2D eigenvalue weighted by atomic mass is 10.2. The highest BCUT2D eigenvalue weighted by Crippen LogP contribution is 2.27. The third-order valence-electron chi connectivity index (χ3n) is 3.39. The van der Waals surface area contributed by atoms with Gasteiger partial charge in [0, 0.05) is 23.0 Å². The van der Waals surface area contributed by atoms with Crippen molar-refractivity contribution in [2.24, 2.45) is 7.05 Å². The molecule has 0 fully saturated rings. The van der Waals surface area contributed by atoms with Crippen LogP contribution in [0, 0.1) is 0 Å². The van der Waals surface area contributed by atoms with E-state index in [4.69, 9.17) is 23.2 Å². The normalized spacial score (nSPS) is 10.8. The Morgan fingerprint density at radius 2 is 1.76 bits per heavy atom. The van der Waals surface area contributed by atoms with Crippen molar-refractivity contribution in [3.05, 3.63) is 64.3 Å². The van der Waals surface area contributed by atoms with Crippen LogP contribution in [0.4, 0.5) is 5.69 Å². The maximum atomic E-state index is 12.4. The Labute approximate surface area is 132 Å². The maximum Gasteiger partial charge on any atom is 0.272 e. The minimum Gasteiger partial charge on any atom is -0.340 e. The van der Waals surface area contributed by atoms with Gasteiger partial charge in [-0.25, -0.2) is 0 Å². The zero-order chi connectivity index (χ0) is 15.0. The van der Waals surface area contributed by atoms with Gasteiger partial charge >= 0.3 is 0 Å². The van der Waals surface area contributed by atoms with Crippen molar-refractivity contribution in [3.63, 3.8) is 0 Å². The molecule has 0 radical (unpaired) electrons. The minimum atomic E-state index is -0.224. The summed E-state index contributed by atoms with van der Waals surface area (Å²) in [6, 6.07) is 14.5. The van der Waals surface area contributed by atoms with E-state index in [2.05, 4.69) is 5.32 Å². The van der Waals surface area contributed by atoms with E-state index < -0.39 is 0 Å². The highest BCUT2D eigenvalue weighted by molar-refractivity contribution is 6.36. The van der Waals surface area contributed by atoms with E-state index in [0.29, 0.717) is 21.4 Å². The molecule has 0 atom stereocenters. The first-order valence-electron chi connectivity index (χ1n) is 6.38. The smallest absolute Gasteiger partial charge is 0.272 e. The number of rotatable bonds is 2. The molecule has 106 valence electrons. The molecule has 0 unspecified atom stereocenters. The predicted octanol–water partition coefficient (Wildman–Crippen LogP) is 4.74. The van der Waals surface area contributed by atoms with Gasteiger partial charge in [-0.3, -0.25) is 4.79 Å². The van der Waals surface area contributed by atoms with Gasteiger partial charge in [-0.05, 0) is 30.3 Å². The zero-order valence-electron chi connectivity index (χ0n) is 11.2. The largest absolute Gasteiger partial charge is 0.340 e. The Kier molecular flexibility index (Phi) is 3.62. The van der Waals surface area contributed by atoms with Crippen LogP contribution in [-0.2, 0) is 7.05 Å². The third-order valence-corrected chi connectivity index (χ3v) is 4.05. The lowest BCUT2D eigenvalue weighted by Gasteiger charge is -2.07. The number of hydrogen-bond acceptors (Lipinski definition) is 1. The molecule has 3 rings (SSSR count). The van der Waals surface area contributed by atoms with E-state index in [9.17, 15) is 4.79 Å². The summed E-state index contributed by atoms with van der Waals surface area (Å²) in [6.07, 6.45) is 0. The Morgan fingerprint density at radius 3 is 2.48 bits per heavy atom. The van der Waals surface area contributed by atoms with Crippen LogP contribution in [0.5, 0.6) is 0 Å². The molecule has 1 heterocycles. The van der Waals surface area contributed by atoms with Crippen LogP contribution >= 0.6 is 23.2 Å². The number of nitrogens with one attached hydrogen (secondary N) is 1. The molecular weight excluding hydrogens is 307 g/mol. The molecule has 0 aliphatic heterocycles. The molecule has 21 heavy (non-hydrogen) atoms. The van der Waals surface area contributed by atoms with E-state index in [1.165, 1.54) is 0 Å². The SMILES string of the molecule is Cn1c(C(=O)Nc2ccccc2Cl)cc2c(Cl)cccc21. The number of aryl methyl sites for hydroxylation is 1. The van der Waals surface area contributed by atoms with E-state index in [-0.39, 0.29) is 5.91 Å². The summed E-state index contributed by atoms with van der Waals surface area (Å²) in [7, 11) is 1.83. The van der Waals surface area contributed by atoms with Crippen molar-refractivity contribution in [2.75, 3.05) is 5.32 Å². The first kappa shape index (κ1) is 14.0. The number of aromatic nitrogens is 1. The fourth-order valence-electron chi connectivity index (χ4n) is 2.29. The summed E-state index contributed by atoms with van der Waals surface area (Å²) in [6.45, 7) is 0. The number of carbonyl (C=O) groups is 1. The van der Waals surface area contributed by atoms with Crippen LogP contribution in [0.2, 0.25) is 10.0 Å². The van der Waals surface area contributed by atoms with Gasteiger partial charge in [0.1, 0.15) is 5.69 Å². The van der Waals surface area contributed by atoms with Crippen molar-refractivity contribution in [1.82, 2.24) is 4.57 Å². The van der Waals surface area contributed by atoms with Crippen molar-refractivity contribution < 1.29 is 4.79 Å². The summed E-state index contributed by atoms with van der Waals surface area (Å²) in [5.74, 6) is -0.224. The molecule has 5 heteroatoms. The average Bonchev–Trinajstić information content (AvgIpc) is 2.81. The molecule has 0 aliphatic carbocycles. The number of nitrogens with zero attached hydrogens (tertiary/aromatic N) is 1. The molecule has 3 aromatic rings. The van der Waals surface area contributed by atoms with Gasteiger partial charge in [0.2, 0.25) is 0 Å².